The molecule has 2 aliphatic heterocycles. The Kier molecular flexibility index (Phi) is 8.52. The van der Waals surface area contributed by atoms with Gasteiger partial charge in [-0.05, 0) is 44.0 Å². The number of carbonyl (C=O) groups excluding carboxylic acids is 1. The van der Waals surface area contributed by atoms with E-state index in [0.29, 0.717) is 26.2 Å². The third-order valence-electron chi connectivity index (χ3n) is 7.78. The summed E-state index contributed by atoms with van der Waals surface area (Å²) in [4.78, 5) is 29.8. The first-order chi connectivity index (χ1) is 19.7. The van der Waals surface area contributed by atoms with Crippen molar-refractivity contribution in [3.63, 3.8) is 0 Å². The lowest BCUT2D eigenvalue weighted by molar-refractivity contribution is -0.143. The number of nitrogens with one attached hydrogen (secondary N) is 1. The van der Waals surface area contributed by atoms with Crippen molar-refractivity contribution in [2.75, 3.05) is 63.9 Å². The van der Waals surface area contributed by atoms with Crippen LogP contribution in [0, 0.1) is 0 Å². The zero-order valence-electron chi connectivity index (χ0n) is 23.1. The largest absolute Gasteiger partial charge is 0.466 e. The Morgan fingerprint density at radius 1 is 1.15 bits per heavy atom. The van der Waals surface area contributed by atoms with Gasteiger partial charge in [0.1, 0.15) is 6.10 Å². The lowest BCUT2D eigenvalue weighted by atomic mass is 10.0. The van der Waals surface area contributed by atoms with E-state index in [1.54, 1.807) is 11.3 Å². The van der Waals surface area contributed by atoms with Crippen LogP contribution in [-0.4, -0.2) is 95.0 Å². The first-order valence-electron chi connectivity index (χ1n) is 14.3. The number of anilines is 1. The highest BCUT2D eigenvalue weighted by molar-refractivity contribution is 7.18. The third-order valence-corrected chi connectivity index (χ3v) is 8.82. The molecule has 0 amide bonds. The number of H-pyrrole nitrogens is 1. The Labute approximate surface area is 238 Å². The van der Waals surface area contributed by atoms with E-state index < -0.39 is 0 Å². The molecule has 5 heterocycles. The number of nitrogens with zero attached hydrogens (tertiary/aromatic N) is 6. The van der Waals surface area contributed by atoms with Crippen LogP contribution in [0.4, 0.5) is 5.95 Å². The standard InChI is InChI=1S/C29H37N7O3S/c1-2-38-28(37)8-3-4-9-34-10-12-35(13-11-34)19-21-16-25-27(40-21)18-30-29(32-25)36-14-15-39-26(20-36)22-6-5-7-24-23(22)17-31-33-24/h5-7,16-18,26H,2-4,8-15,19-20H2,1H3,(H,31,33). The number of morpholine rings is 1. The summed E-state index contributed by atoms with van der Waals surface area (Å²) in [6.07, 6.45) is 6.26. The van der Waals surface area contributed by atoms with Crippen LogP contribution in [0.3, 0.4) is 0 Å². The molecule has 6 rings (SSSR count). The topological polar surface area (TPSA) is 99.7 Å². The number of rotatable bonds is 10. The van der Waals surface area contributed by atoms with Gasteiger partial charge in [0.15, 0.2) is 0 Å². The van der Waals surface area contributed by atoms with Crippen LogP contribution in [0.2, 0.25) is 0 Å². The summed E-state index contributed by atoms with van der Waals surface area (Å²) >= 11 is 1.79. The van der Waals surface area contributed by atoms with E-state index in [2.05, 4.69) is 37.0 Å². The van der Waals surface area contributed by atoms with Gasteiger partial charge in [0.25, 0.3) is 0 Å². The van der Waals surface area contributed by atoms with Gasteiger partial charge in [-0.3, -0.25) is 14.8 Å². The highest BCUT2D eigenvalue weighted by Crippen LogP contribution is 2.31. The molecular formula is C29H37N7O3S. The van der Waals surface area contributed by atoms with E-state index in [4.69, 9.17) is 19.4 Å². The highest BCUT2D eigenvalue weighted by atomic mass is 32.1. The molecule has 0 saturated carbocycles. The molecule has 0 spiro atoms. The lowest BCUT2D eigenvalue weighted by Crippen LogP contribution is -2.46. The molecule has 0 aliphatic carbocycles. The summed E-state index contributed by atoms with van der Waals surface area (Å²) in [7, 11) is 0. The van der Waals surface area contributed by atoms with Crippen molar-refractivity contribution in [1.29, 1.82) is 0 Å². The third kappa shape index (κ3) is 6.27. The summed E-state index contributed by atoms with van der Waals surface area (Å²) in [6, 6.07) is 8.43. The van der Waals surface area contributed by atoms with Crippen LogP contribution in [-0.2, 0) is 20.8 Å². The van der Waals surface area contributed by atoms with E-state index >= 15 is 0 Å². The summed E-state index contributed by atoms with van der Waals surface area (Å²) in [5.41, 5.74) is 3.19. The second kappa shape index (κ2) is 12.6. The Bertz CT molecular complexity index is 1430. The smallest absolute Gasteiger partial charge is 0.305 e. The molecule has 3 aromatic heterocycles. The second-order valence-corrected chi connectivity index (χ2v) is 11.7. The van der Waals surface area contributed by atoms with E-state index in [1.165, 1.54) is 4.88 Å². The van der Waals surface area contributed by atoms with Gasteiger partial charge in [-0.25, -0.2) is 9.97 Å². The number of ether oxygens (including phenoxy) is 2. The molecule has 212 valence electrons. The molecule has 1 unspecified atom stereocenters. The molecule has 4 aromatic rings. The van der Waals surface area contributed by atoms with E-state index in [-0.39, 0.29) is 12.1 Å². The zero-order chi connectivity index (χ0) is 27.3. The Morgan fingerprint density at radius 3 is 2.90 bits per heavy atom. The Hall–Kier alpha value is -3.12. The molecule has 2 fully saturated rings. The number of carbonyl (C=O) groups is 1. The molecule has 11 heteroatoms. The van der Waals surface area contributed by atoms with Gasteiger partial charge in [-0.15, -0.1) is 11.3 Å². The van der Waals surface area contributed by atoms with Crippen LogP contribution in [0.1, 0.15) is 42.7 Å². The van der Waals surface area contributed by atoms with Gasteiger partial charge in [0.2, 0.25) is 5.95 Å². The number of thiophene rings is 1. The van der Waals surface area contributed by atoms with Crippen molar-refractivity contribution in [3.8, 4) is 0 Å². The quantitative estimate of drug-likeness (QED) is 0.227. The molecule has 1 atom stereocenters. The molecule has 1 aromatic carbocycles. The van der Waals surface area contributed by atoms with Gasteiger partial charge in [0.05, 0.1) is 47.9 Å². The van der Waals surface area contributed by atoms with Gasteiger partial charge < -0.3 is 19.3 Å². The van der Waals surface area contributed by atoms with E-state index in [0.717, 1.165) is 91.3 Å². The summed E-state index contributed by atoms with van der Waals surface area (Å²) in [5, 5.41) is 8.35. The number of fused-ring (bicyclic) bond motifs is 2. The fourth-order valence-corrected chi connectivity index (χ4v) is 6.64. The second-order valence-electron chi connectivity index (χ2n) is 10.5. The van der Waals surface area contributed by atoms with Crippen LogP contribution in [0.25, 0.3) is 21.1 Å². The number of esters is 1. The maximum atomic E-state index is 11.5. The predicted octanol–water partition coefficient (Wildman–Crippen LogP) is 4.00. The normalized spacial score (nSPS) is 19.0. The molecule has 10 nitrogen and oxygen atoms in total. The average Bonchev–Trinajstić information content (AvgIpc) is 3.62. The van der Waals surface area contributed by atoms with E-state index in [9.17, 15) is 4.79 Å². The lowest BCUT2D eigenvalue weighted by Gasteiger charge is -2.34. The number of unbranched alkanes of at least 4 members (excludes halogenated alkanes) is 1. The van der Waals surface area contributed by atoms with Crippen LogP contribution in [0.5, 0.6) is 0 Å². The molecule has 2 saturated heterocycles. The Balaban J connectivity index is 1.02. The molecule has 0 radical (unpaired) electrons. The molecule has 1 N–H and O–H groups in total. The fourth-order valence-electron chi connectivity index (χ4n) is 5.63. The van der Waals surface area contributed by atoms with Gasteiger partial charge in [-0.1, -0.05) is 12.1 Å². The van der Waals surface area contributed by atoms with Crippen LogP contribution >= 0.6 is 11.3 Å². The van der Waals surface area contributed by atoms with Crippen molar-refractivity contribution in [2.45, 2.75) is 38.8 Å². The van der Waals surface area contributed by atoms with Crippen molar-refractivity contribution in [1.82, 2.24) is 30.0 Å². The molecule has 2 aliphatic rings. The zero-order valence-corrected chi connectivity index (χ0v) is 23.9. The average molecular weight is 564 g/mol. The first-order valence-corrected chi connectivity index (χ1v) is 15.1. The molecular weight excluding hydrogens is 526 g/mol. The van der Waals surface area contributed by atoms with Crippen LogP contribution < -0.4 is 4.90 Å². The fraction of sp³-hybridized carbons (Fsp3) is 0.517. The van der Waals surface area contributed by atoms with Crippen molar-refractivity contribution >= 4 is 44.4 Å². The molecule has 0 bridgehead atoms. The highest BCUT2D eigenvalue weighted by Gasteiger charge is 2.26. The van der Waals surface area contributed by atoms with Crippen molar-refractivity contribution < 1.29 is 14.3 Å². The van der Waals surface area contributed by atoms with Crippen molar-refractivity contribution in [2.24, 2.45) is 0 Å². The minimum absolute atomic E-state index is 0.0522. The van der Waals surface area contributed by atoms with Crippen LogP contribution in [0.15, 0.2) is 36.7 Å². The number of aromatic amines is 1. The first kappa shape index (κ1) is 27.1. The minimum atomic E-state index is -0.0788. The number of piperazine rings is 1. The summed E-state index contributed by atoms with van der Waals surface area (Å²) < 4.78 is 12.3. The van der Waals surface area contributed by atoms with Gasteiger partial charge in [0, 0.05) is 56.0 Å². The number of aromatic nitrogens is 4. The maximum Gasteiger partial charge on any atom is 0.305 e. The monoisotopic (exact) mass is 563 g/mol. The maximum absolute atomic E-state index is 11.5. The number of benzene rings is 1. The van der Waals surface area contributed by atoms with Crippen molar-refractivity contribution in [3.05, 3.63) is 47.1 Å². The number of hydrogen-bond acceptors (Lipinski definition) is 10. The van der Waals surface area contributed by atoms with Gasteiger partial charge in [-0.2, -0.15) is 5.10 Å². The Morgan fingerprint density at radius 2 is 2.02 bits per heavy atom. The predicted molar refractivity (Wildman–Crippen MR) is 157 cm³/mol. The van der Waals surface area contributed by atoms with E-state index in [1.807, 2.05) is 31.5 Å². The molecule has 40 heavy (non-hydrogen) atoms. The summed E-state index contributed by atoms with van der Waals surface area (Å²) in [6.45, 7) is 10.7. The SMILES string of the molecule is CCOC(=O)CCCCN1CCN(Cc2cc3nc(N4CCOC(c5cccc6[nH]ncc56)C4)ncc3s2)CC1. The minimum Gasteiger partial charge on any atom is -0.466 e. The summed E-state index contributed by atoms with van der Waals surface area (Å²) in [5.74, 6) is 0.686. The van der Waals surface area contributed by atoms with Gasteiger partial charge >= 0.3 is 5.97 Å². The number of hydrogen-bond donors (Lipinski definition) is 1.